The van der Waals surface area contributed by atoms with Crippen molar-refractivity contribution in [3.8, 4) is 0 Å². The maximum absolute atomic E-state index is 11.3. The lowest BCUT2D eigenvalue weighted by Crippen LogP contribution is -2.59. The molecule has 15 heavy (non-hydrogen) atoms. The number of carbonyl (C=O) groups is 1. The molecular weight excluding hydrogens is 200 g/mol. The minimum absolute atomic E-state index is 0.00306. The highest BCUT2D eigenvalue weighted by atomic mass is 16.9. The molecule has 3 fully saturated rings. The van der Waals surface area contributed by atoms with Gasteiger partial charge in [0.2, 0.25) is 0 Å². The highest BCUT2D eigenvalue weighted by Gasteiger charge is 2.51. The van der Waals surface area contributed by atoms with Gasteiger partial charge in [-0.25, -0.2) is 0 Å². The molecular formula is C10H16O5. The third kappa shape index (κ3) is 2.14. The number of esters is 1. The Morgan fingerprint density at radius 2 is 1.80 bits per heavy atom. The molecule has 3 aliphatic rings. The van der Waals surface area contributed by atoms with Gasteiger partial charge in [-0.05, 0) is 6.92 Å². The van der Waals surface area contributed by atoms with Crippen LogP contribution >= 0.6 is 0 Å². The largest absolute Gasteiger partial charge is 0.466 e. The van der Waals surface area contributed by atoms with E-state index in [1.54, 1.807) is 6.92 Å². The minimum atomic E-state index is -1.19. The lowest BCUT2D eigenvalue weighted by Gasteiger charge is -2.49. The van der Waals surface area contributed by atoms with Crippen LogP contribution in [0.2, 0.25) is 0 Å². The highest BCUT2D eigenvalue weighted by molar-refractivity contribution is 5.70. The van der Waals surface area contributed by atoms with Crippen molar-refractivity contribution in [3.05, 3.63) is 0 Å². The fourth-order valence-corrected chi connectivity index (χ4v) is 1.64. The third-order valence-corrected chi connectivity index (χ3v) is 2.59. The summed E-state index contributed by atoms with van der Waals surface area (Å²) in [6.45, 7) is 5.83. The van der Waals surface area contributed by atoms with Gasteiger partial charge in [-0.3, -0.25) is 4.79 Å². The second-order valence-corrected chi connectivity index (χ2v) is 4.34. The summed E-state index contributed by atoms with van der Waals surface area (Å²) >= 11 is 0. The summed E-state index contributed by atoms with van der Waals surface area (Å²) in [7, 11) is 0. The number of ether oxygens (including phenoxy) is 4. The van der Waals surface area contributed by atoms with E-state index in [-0.39, 0.29) is 17.8 Å². The van der Waals surface area contributed by atoms with Gasteiger partial charge in [0.1, 0.15) is 6.42 Å². The normalized spacial score (nSPS) is 39.1. The molecule has 0 spiro atoms. The Morgan fingerprint density at radius 1 is 1.27 bits per heavy atom. The zero-order chi connectivity index (χ0) is 10.9. The van der Waals surface area contributed by atoms with Crippen molar-refractivity contribution in [1.82, 2.24) is 0 Å². The van der Waals surface area contributed by atoms with Gasteiger partial charge in [0, 0.05) is 5.41 Å². The quantitative estimate of drug-likeness (QED) is 0.649. The molecule has 3 heterocycles. The summed E-state index contributed by atoms with van der Waals surface area (Å²) < 4.78 is 21.2. The van der Waals surface area contributed by atoms with Gasteiger partial charge < -0.3 is 18.9 Å². The van der Waals surface area contributed by atoms with Crippen LogP contribution in [0.25, 0.3) is 0 Å². The molecule has 2 bridgehead atoms. The molecule has 0 aromatic heterocycles. The van der Waals surface area contributed by atoms with Crippen molar-refractivity contribution < 1.29 is 23.7 Å². The average molecular weight is 216 g/mol. The van der Waals surface area contributed by atoms with Crippen LogP contribution in [0.5, 0.6) is 0 Å². The molecule has 3 saturated heterocycles. The molecule has 0 aromatic carbocycles. The first-order valence-corrected chi connectivity index (χ1v) is 5.15. The van der Waals surface area contributed by atoms with Crippen LogP contribution in [-0.2, 0) is 23.7 Å². The second kappa shape index (κ2) is 3.73. The van der Waals surface area contributed by atoms with E-state index in [0.717, 1.165) is 0 Å². The van der Waals surface area contributed by atoms with E-state index in [4.69, 9.17) is 18.9 Å². The number of hydrogen-bond donors (Lipinski definition) is 0. The average Bonchev–Trinajstić information content (AvgIpc) is 2.21. The van der Waals surface area contributed by atoms with Gasteiger partial charge in [0.25, 0.3) is 5.97 Å². The van der Waals surface area contributed by atoms with Gasteiger partial charge in [-0.15, -0.1) is 0 Å². The second-order valence-electron chi connectivity index (χ2n) is 4.34. The van der Waals surface area contributed by atoms with Gasteiger partial charge in [0.15, 0.2) is 0 Å². The maximum atomic E-state index is 11.3. The first kappa shape index (κ1) is 10.9. The molecule has 0 atom stereocenters. The minimum Gasteiger partial charge on any atom is -0.466 e. The Kier molecular flexibility index (Phi) is 2.70. The van der Waals surface area contributed by atoms with Crippen LogP contribution < -0.4 is 0 Å². The SMILES string of the molecule is CCOC(=O)CC12OCC(C)(CO1)CO2. The topological polar surface area (TPSA) is 54.0 Å². The monoisotopic (exact) mass is 216 g/mol. The van der Waals surface area contributed by atoms with E-state index in [9.17, 15) is 4.79 Å². The van der Waals surface area contributed by atoms with E-state index in [0.29, 0.717) is 26.4 Å². The molecule has 86 valence electrons. The van der Waals surface area contributed by atoms with Crippen molar-refractivity contribution >= 4 is 5.97 Å². The van der Waals surface area contributed by atoms with Crippen molar-refractivity contribution in [2.75, 3.05) is 26.4 Å². The van der Waals surface area contributed by atoms with Crippen molar-refractivity contribution in [2.24, 2.45) is 5.41 Å². The van der Waals surface area contributed by atoms with E-state index in [1.807, 2.05) is 6.92 Å². The maximum Gasteiger partial charge on any atom is 0.314 e. The predicted molar refractivity (Wildman–Crippen MR) is 49.9 cm³/mol. The van der Waals surface area contributed by atoms with Gasteiger partial charge >= 0.3 is 5.97 Å². The first-order chi connectivity index (χ1) is 7.08. The summed E-state index contributed by atoms with van der Waals surface area (Å²) in [5, 5.41) is 0. The Labute approximate surface area is 88.6 Å². The lowest BCUT2D eigenvalue weighted by atomic mass is 9.91. The number of fused-ring (bicyclic) bond motifs is 3. The zero-order valence-corrected chi connectivity index (χ0v) is 9.08. The van der Waals surface area contributed by atoms with Crippen molar-refractivity contribution in [1.29, 1.82) is 0 Å². The molecule has 3 aliphatic heterocycles. The number of hydrogen-bond acceptors (Lipinski definition) is 5. The summed E-state index contributed by atoms with van der Waals surface area (Å²) in [4.78, 5) is 11.3. The molecule has 0 unspecified atom stereocenters. The van der Waals surface area contributed by atoms with E-state index in [2.05, 4.69) is 0 Å². The fourth-order valence-electron chi connectivity index (χ4n) is 1.64. The summed E-state index contributed by atoms with van der Waals surface area (Å²) in [5.74, 6) is -1.55. The molecule has 5 heteroatoms. The Bertz CT molecular complexity index is 238. The molecule has 3 rings (SSSR count). The first-order valence-electron chi connectivity index (χ1n) is 5.15. The van der Waals surface area contributed by atoms with Crippen LogP contribution in [0, 0.1) is 5.41 Å². The molecule has 0 aliphatic carbocycles. The molecule has 0 amide bonds. The molecule has 0 N–H and O–H groups in total. The standard InChI is InChI=1S/C10H16O5/c1-3-12-8(11)4-10-13-5-9(2,6-14-10)7-15-10/h3-7H2,1-2H3. The van der Waals surface area contributed by atoms with Gasteiger partial charge in [0.05, 0.1) is 26.4 Å². The number of rotatable bonds is 3. The van der Waals surface area contributed by atoms with Gasteiger partial charge in [-0.1, -0.05) is 6.92 Å². The van der Waals surface area contributed by atoms with E-state index < -0.39 is 5.97 Å². The summed E-state index contributed by atoms with van der Waals surface area (Å²) in [6, 6.07) is 0. The molecule has 0 radical (unpaired) electrons. The smallest absolute Gasteiger partial charge is 0.314 e. The lowest BCUT2D eigenvalue weighted by molar-refractivity contribution is -0.464. The van der Waals surface area contributed by atoms with Crippen molar-refractivity contribution in [2.45, 2.75) is 26.2 Å². The van der Waals surface area contributed by atoms with Crippen molar-refractivity contribution in [3.63, 3.8) is 0 Å². The molecule has 5 nitrogen and oxygen atoms in total. The number of carbonyl (C=O) groups excluding carboxylic acids is 1. The Balaban J connectivity index is 1.95. The predicted octanol–water partition coefficient (Wildman–Crippen LogP) is 0.677. The van der Waals surface area contributed by atoms with Crippen LogP contribution in [0.15, 0.2) is 0 Å². The Hall–Kier alpha value is -0.650. The Morgan fingerprint density at radius 3 is 2.27 bits per heavy atom. The van der Waals surface area contributed by atoms with Gasteiger partial charge in [-0.2, -0.15) is 0 Å². The highest BCUT2D eigenvalue weighted by Crippen LogP contribution is 2.39. The van der Waals surface area contributed by atoms with Crippen LogP contribution in [0.1, 0.15) is 20.3 Å². The van der Waals surface area contributed by atoms with Crippen LogP contribution in [0.4, 0.5) is 0 Å². The summed E-state index contributed by atoms with van der Waals surface area (Å²) in [6.07, 6.45) is -0.00306. The fraction of sp³-hybridized carbons (Fsp3) is 0.900. The van der Waals surface area contributed by atoms with Crippen LogP contribution in [-0.4, -0.2) is 38.4 Å². The summed E-state index contributed by atoms with van der Waals surface area (Å²) in [5.41, 5.74) is -0.0730. The zero-order valence-electron chi connectivity index (χ0n) is 9.08. The molecule has 0 saturated carbocycles. The van der Waals surface area contributed by atoms with E-state index >= 15 is 0 Å². The van der Waals surface area contributed by atoms with E-state index in [1.165, 1.54) is 0 Å². The van der Waals surface area contributed by atoms with Crippen LogP contribution in [0.3, 0.4) is 0 Å². The third-order valence-electron chi connectivity index (χ3n) is 2.59. The molecule has 0 aromatic rings.